The van der Waals surface area contributed by atoms with Crippen molar-refractivity contribution < 1.29 is 27.8 Å². The SMILES string of the molecule is COc1ccc(C2C(C(=O)Nc3ccccc3)=C(C)N=c3s/c(=C\c4ccc(OC)c(COc5ccc(F)cc5F)c4)c(=O)n32)cc1. The maximum Gasteiger partial charge on any atom is 0.271 e. The van der Waals surface area contributed by atoms with E-state index in [0.717, 1.165) is 12.1 Å². The Morgan fingerprint density at radius 2 is 1.70 bits per heavy atom. The highest BCUT2D eigenvalue weighted by atomic mass is 32.1. The van der Waals surface area contributed by atoms with Crippen LogP contribution >= 0.6 is 11.3 Å². The summed E-state index contributed by atoms with van der Waals surface area (Å²) in [6.45, 7) is 1.69. The Morgan fingerprint density at radius 1 is 0.957 bits per heavy atom. The molecule has 8 nitrogen and oxygen atoms in total. The van der Waals surface area contributed by atoms with E-state index in [-0.39, 0.29) is 23.8 Å². The predicted molar refractivity (Wildman–Crippen MR) is 176 cm³/mol. The number of hydrogen-bond donors (Lipinski definition) is 1. The predicted octanol–water partition coefficient (Wildman–Crippen LogP) is 5.75. The maximum atomic E-state index is 14.2. The van der Waals surface area contributed by atoms with Crippen molar-refractivity contribution in [3.05, 3.63) is 150 Å². The summed E-state index contributed by atoms with van der Waals surface area (Å²) in [5, 5.41) is 2.94. The Morgan fingerprint density at radius 3 is 2.40 bits per heavy atom. The first kappa shape index (κ1) is 31.4. The van der Waals surface area contributed by atoms with Crippen LogP contribution in [-0.4, -0.2) is 24.7 Å². The van der Waals surface area contributed by atoms with Crippen LogP contribution in [0.2, 0.25) is 0 Å². The number of nitrogens with one attached hydrogen (secondary N) is 1. The van der Waals surface area contributed by atoms with Crippen LogP contribution in [0.1, 0.15) is 29.7 Å². The fourth-order valence-corrected chi connectivity index (χ4v) is 6.38. The van der Waals surface area contributed by atoms with Crippen LogP contribution in [0.15, 0.2) is 112 Å². The van der Waals surface area contributed by atoms with E-state index >= 15 is 0 Å². The van der Waals surface area contributed by atoms with Crippen LogP contribution in [0.4, 0.5) is 14.5 Å². The van der Waals surface area contributed by atoms with Crippen LogP contribution in [0, 0.1) is 11.6 Å². The van der Waals surface area contributed by atoms with E-state index in [9.17, 15) is 18.4 Å². The average Bonchev–Trinajstić information content (AvgIpc) is 3.37. The minimum atomic E-state index is -0.820. The molecule has 47 heavy (non-hydrogen) atoms. The molecule has 0 spiro atoms. The standard InChI is InChI=1S/C36H29F2N3O5S/c1-21-32(34(42)40-26-7-5-4-6-8-26)33(23-10-13-27(44-2)14-11-23)41-35(43)31(47-36(41)39-21)18-22-9-15-29(45-3)24(17-22)20-46-30-16-12-25(37)19-28(30)38/h4-19,33H,20H2,1-3H3,(H,40,42)/b31-18-. The summed E-state index contributed by atoms with van der Waals surface area (Å²) in [5.41, 5.74) is 3.08. The molecule has 11 heteroatoms. The summed E-state index contributed by atoms with van der Waals surface area (Å²) in [4.78, 5) is 33.0. The number of aromatic nitrogens is 1. The van der Waals surface area contributed by atoms with Crippen molar-refractivity contribution in [3.8, 4) is 17.2 Å². The number of allylic oxidation sites excluding steroid dienone is 1. The van der Waals surface area contributed by atoms with Crippen molar-refractivity contribution in [1.82, 2.24) is 4.57 Å². The number of ether oxygens (including phenoxy) is 3. The van der Waals surface area contributed by atoms with Crippen molar-refractivity contribution in [2.75, 3.05) is 19.5 Å². The molecule has 0 radical (unpaired) electrons. The van der Waals surface area contributed by atoms with E-state index in [1.165, 1.54) is 29.1 Å². The number of carbonyl (C=O) groups is 1. The zero-order chi connectivity index (χ0) is 33.1. The molecule has 0 saturated carbocycles. The monoisotopic (exact) mass is 653 g/mol. The van der Waals surface area contributed by atoms with Crippen molar-refractivity contribution in [2.24, 2.45) is 4.99 Å². The summed E-state index contributed by atoms with van der Waals surface area (Å²) in [6, 6.07) is 23.9. The third-order valence-corrected chi connectivity index (χ3v) is 8.59. The van der Waals surface area contributed by atoms with Crippen LogP contribution in [0.25, 0.3) is 6.08 Å². The van der Waals surface area contributed by atoms with Crippen molar-refractivity contribution in [2.45, 2.75) is 19.6 Å². The molecule has 1 N–H and O–H groups in total. The van der Waals surface area contributed by atoms with Crippen molar-refractivity contribution >= 4 is 29.0 Å². The number of anilines is 1. The molecule has 2 heterocycles. The fraction of sp³-hybridized carbons (Fsp3) is 0.139. The van der Waals surface area contributed by atoms with Crippen LogP contribution in [-0.2, 0) is 11.4 Å². The lowest BCUT2D eigenvalue weighted by Gasteiger charge is -2.25. The maximum absolute atomic E-state index is 14.2. The average molecular weight is 654 g/mol. The van der Waals surface area contributed by atoms with E-state index in [2.05, 4.69) is 5.32 Å². The third-order valence-electron chi connectivity index (χ3n) is 7.61. The van der Waals surface area contributed by atoms with Crippen molar-refractivity contribution in [1.29, 1.82) is 0 Å². The largest absolute Gasteiger partial charge is 0.497 e. The highest BCUT2D eigenvalue weighted by molar-refractivity contribution is 7.07. The normalized spacial score (nSPS) is 14.3. The molecule has 1 aromatic heterocycles. The molecule has 0 fully saturated rings. The fourth-order valence-electron chi connectivity index (χ4n) is 5.33. The van der Waals surface area contributed by atoms with Crippen LogP contribution in [0.5, 0.6) is 17.2 Å². The topological polar surface area (TPSA) is 91.2 Å². The number of benzene rings is 4. The van der Waals surface area contributed by atoms with Crippen LogP contribution in [0.3, 0.4) is 0 Å². The molecule has 1 unspecified atom stereocenters. The van der Waals surface area contributed by atoms with Gasteiger partial charge in [-0.15, -0.1) is 0 Å². The third kappa shape index (κ3) is 6.56. The first-order valence-corrected chi connectivity index (χ1v) is 15.3. The second-order valence-electron chi connectivity index (χ2n) is 10.6. The van der Waals surface area contributed by atoms with Crippen LogP contribution < -0.4 is 34.4 Å². The molecular weight excluding hydrogens is 624 g/mol. The molecule has 5 aromatic rings. The molecule has 1 aliphatic rings. The lowest BCUT2D eigenvalue weighted by Crippen LogP contribution is -2.40. The number of para-hydroxylation sites is 1. The van der Waals surface area contributed by atoms with Gasteiger partial charge in [-0.1, -0.05) is 47.7 Å². The Bertz CT molecular complexity index is 2180. The van der Waals surface area contributed by atoms with Gasteiger partial charge in [0.15, 0.2) is 16.4 Å². The number of methoxy groups -OCH3 is 2. The smallest absolute Gasteiger partial charge is 0.271 e. The van der Waals surface area contributed by atoms with Gasteiger partial charge >= 0.3 is 0 Å². The summed E-state index contributed by atoms with van der Waals surface area (Å²) in [5.74, 6) is -0.865. The Balaban J connectivity index is 1.40. The van der Waals surface area contributed by atoms with E-state index in [1.54, 1.807) is 62.6 Å². The Kier molecular flexibility index (Phi) is 8.99. The van der Waals surface area contributed by atoms with Gasteiger partial charge in [-0.3, -0.25) is 14.2 Å². The number of nitrogens with zero attached hydrogens (tertiary/aromatic N) is 2. The lowest BCUT2D eigenvalue weighted by molar-refractivity contribution is -0.113. The van der Waals surface area contributed by atoms with Gasteiger partial charge in [0.1, 0.15) is 23.9 Å². The summed E-state index contributed by atoms with van der Waals surface area (Å²) in [6.07, 6.45) is 1.72. The molecule has 0 aliphatic carbocycles. The zero-order valence-corrected chi connectivity index (χ0v) is 26.4. The summed E-state index contributed by atoms with van der Waals surface area (Å²) >= 11 is 1.20. The van der Waals surface area contributed by atoms with Gasteiger partial charge in [-0.05, 0) is 72.7 Å². The van der Waals surface area contributed by atoms with Gasteiger partial charge < -0.3 is 19.5 Å². The number of halogens is 2. The van der Waals surface area contributed by atoms with Gasteiger partial charge in [-0.2, -0.15) is 0 Å². The second kappa shape index (κ2) is 13.4. The molecular formula is C36H29F2N3O5S. The lowest BCUT2D eigenvalue weighted by atomic mass is 9.95. The second-order valence-corrected chi connectivity index (χ2v) is 11.6. The number of carbonyl (C=O) groups excluding carboxylic acids is 1. The Labute approximate surface area is 272 Å². The molecule has 1 amide bonds. The molecule has 238 valence electrons. The molecule has 6 rings (SSSR count). The number of fused-ring (bicyclic) bond motifs is 1. The highest BCUT2D eigenvalue weighted by Crippen LogP contribution is 2.32. The number of hydrogen-bond acceptors (Lipinski definition) is 7. The van der Waals surface area contributed by atoms with Gasteiger partial charge in [-0.25, -0.2) is 13.8 Å². The summed E-state index contributed by atoms with van der Waals surface area (Å²) in [7, 11) is 3.07. The minimum absolute atomic E-state index is 0.0643. The zero-order valence-electron chi connectivity index (χ0n) is 25.6. The first-order chi connectivity index (χ1) is 22.7. The van der Waals surface area contributed by atoms with Crippen molar-refractivity contribution in [3.63, 3.8) is 0 Å². The van der Waals surface area contributed by atoms with Gasteiger partial charge in [0.05, 0.1) is 36.1 Å². The van der Waals surface area contributed by atoms with Gasteiger partial charge in [0.25, 0.3) is 11.5 Å². The van der Waals surface area contributed by atoms with Gasteiger partial charge in [0.2, 0.25) is 0 Å². The number of thiazole rings is 1. The highest BCUT2D eigenvalue weighted by Gasteiger charge is 2.32. The number of amides is 1. The minimum Gasteiger partial charge on any atom is -0.497 e. The Hall–Kier alpha value is -5.55. The number of rotatable bonds is 9. The van der Waals surface area contributed by atoms with E-state index in [0.29, 0.717) is 54.5 Å². The molecule has 0 bridgehead atoms. The quantitative estimate of drug-likeness (QED) is 0.219. The van der Waals surface area contributed by atoms with Gasteiger partial charge in [0, 0.05) is 17.3 Å². The molecule has 1 atom stereocenters. The van der Waals surface area contributed by atoms with E-state index in [4.69, 9.17) is 19.2 Å². The van der Waals surface area contributed by atoms with E-state index in [1.807, 2.05) is 30.3 Å². The summed E-state index contributed by atoms with van der Waals surface area (Å²) < 4.78 is 45.9. The molecule has 4 aromatic carbocycles. The molecule has 0 saturated heterocycles. The molecule has 1 aliphatic heterocycles. The first-order valence-electron chi connectivity index (χ1n) is 14.5. The van der Waals surface area contributed by atoms with E-state index < -0.39 is 17.7 Å².